The largest absolute Gasteiger partial charge is 0.481 e. The zero-order valence-corrected chi connectivity index (χ0v) is 35.1. The van der Waals surface area contributed by atoms with Crippen LogP contribution in [0.25, 0.3) is 0 Å². The minimum Gasteiger partial charge on any atom is -0.481 e. The number of carbonyl (C=O) groups is 4. The van der Waals surface area contributed by atoms with Gasteiger partial charge in [0.15, 0.2) is 0 Å². The minimum atomic E-state index is -0.782. The van der Waals surface area contributed by atoms with Crippen molar-refractivity contribution in [2.45, 2.75) is 101 Å². The molecule has 0 saturated carbocycles. The summed E-state index contributed by atoms with van der Waals surface area (Å²) in [7, 11) is 0. The van der Waals surface area contributed by atoms with Gasteiger partial charge in [-0.25, -0.2) is 0 Å². The minimum absolute atomic E-state index is 0. The van der Waals surface area contributed by atoms with E-state index in [1.165, 1.54) is 36.1 Å². The third-order valence-corrected chi connectivity index (χ3v) is 6.80. The number of nitriles is 1. The maximum atomic E-state index is 10.7. The predicted octanol–water partition coefficient (Wildman–Crippen LogP) is 7.58. The van der Waals surface area contributed by atoms with Crippen LogP contribution in [0.15, 0.2) is 97.1 Å². The molecule has 1 atom stereocenters. The molecule has 4 aromatic rings. The van der Waals surface area contributed by atoms with Gasteiger partial charge in [0.05, 0.1) is 18.9 Å². The molecule has 0 saturated heterocycles. The van der Waals surface area contributed by atoms with Gasteiger partial charge in [-0.15, -0.1) is 0 Å². The molecule has 4 rings (SSSR count). The number of ether oxygens (including phenoxy) is 1. The molecule has 56 heavy (non-hydrogen) atoms. The van der Waals surface area contributed by atoms with Gasteiger partial charge >= 0.3 is 17.9 Å². The number of aliphatic carboxylic acids is 1. The van der Waals surface area contributed by atoms with Gasteiger partial charge in [0, 0.05) is 26.3 Å². The van der Waals surface area contributed by atoms with Crippen molar-refractivity contribution >= 4 is 23.7 Å². The van der Waals surface area contributed by atoms with Gasteiger partial charge in [-0.3, -0.25) is 19.2 Å². The number of carboxylic acid groups (broad SMARTS) is 1. The van der Waals surface area contributed by atoms with Crippen LogP contribution in [0.4, 0.5) is 0 Å². The quantitative estimate of drug-likeness (QED) is 0.114. The van der Waals surface area contributed by atoms with E-state index in [-0.39, 0.29) is 17.7 Å². The summed E-state index contributed by atoms with van der Waals surface area (Å²) in [6.45, 7) is 20.2. The number of benzene rings is 4. The van der Waals surface area contributed by atoms with Gasteiger partial charge in [0.1, 0.15) is 5.78 Å². The Morgan fingerprint density at radius 1 is 0.696 bits per heavy atom. The number of carbonyl (C=O) groups excluding carboxylic acids is 3. The van der Waals surface area contributed by atoms with Gasteiger partial charge in [0.2, 0.25) is 0 Å². The molecule has 10 nitrogen and oxygen atoms in total. The highest BCUT2D eigenvalue weighted by Gasteiger charge is 2.01. The van der Waals surface area contributed by atoms with Gasteiger partial charge in [-0.05, 0) is 83.3 Å². The summed E-state index contributed by atoms with van der Waals surface area (Å²) in [5.74, 6) is -1.69. The van der Waals surface area contributed by atoms with Gasteiger partial charge in [0.25, 0.3) is 0 Å². The first-order chi connectivity index (χ1) is 25.9. The number of hydrogen-bond donors (Lipinski definition) is 3. The Morgan fingerprint density at radius 2 is 1.05 bits per heavy atom. The molecule has 0 radical (unpaired) electrons. The lowest BCUT2D eigenvalue weighted by Gasteiger charge is -2.12. The number of rotatable bonds is 9. The van der Waals surface area contributed by atoms with Crippen molar-refractivity contribution in [2.75, 3.05) is 13.1 Å². The average Bonchev–Trinajstić information content (AvgIpc) is 3.06. The maximum Gasteiger partial charge on any atom is 0.310 e. The van der Waals surface area contributed by atoms with Crippen LogP contribution >= 0.6 is 0 Å². The van der Waals surface area contributed by atoms with E-state index in [1.54, 1.807) is 6.92 Å². The lowest BCUT2D eigenvalue weighted by Crippen LogP contribution is -2.27. The molecule has 0 aliphatic heterocycles. The summed E-state index contributed by atoms with van der Waals surface area (Å²) in [4.78, 5) is 40.6. The fourth-order valence-electron chi connectivity index (χ4n) is 4.84. The summed E-state index contributed by atoms with van der Waals surface area (Å²) in [5, 5.41) is 20.2. The van der Waals surface area contributed by atoms with Crippen molar-refractivity contribution in [3.63, 3.8) is 0 Å². The van der Waals surface area contributed by atoms with Crippen LogP contribution in [0.1, 0.15) is 86.1 Å². The number of Topliss-reactive ketones (excluding diaryl/α,β-unsaturated/α-hetero) is 1. The summed E-state index contributed by atoms with van der Waals surface area (Å²) >= 11 is 0. The van der Waals surface area contributed by atoms with E-state index in [0.717, 1.165) is 41.8 Å². The number of aryl methyl sites for hydroxylation is 4. The second-order valence-corrected chi connectivity index (χ2v) is 12.9. The third kappa shape index (κ3) is 34.3. The van der Waals surface area contributed by atoms with Crippen LogP contribution in [0, 0.1) is 39.0 Å². The highest BCUT2D eigenvalue weighted by Crippen LogP contribution is 2.07. The molecule has 4 aromatic carbocycles. The van der Waals surface area contributed by atoms with E-state index >= 15 is 0 Å². The van der Waals surface area contributed by atoms with Crippen LogP contribution in [0.3, 0.4) is 0 Å². The number of esters is 2. The monoisotopic (exact) mass is 771 g/mol. The average molecular weight is 772 g/mol. The fraction of sp³-hybridized carbons (Fsp3) is 0.370. The van der Waals surface area contributed by atoms with Crippen LogP contribution in [-0.2, 0) is 49.6 Å². The van der Waals surface area contributed by atoms with Crippen molar-refractivity contribution < 1.29 is 34.5 Å². The Labute approximate surface area is 335 Å². The van der Waals surface area contributed by atoms with Crippen LogP contribution in [-0.4, -0.2) is 53.4 Å². The summed E-state index contributed by atoms with van der Waals surface area (Å²) in [5.41, 5.74) is 14.2. The van der Waals surface area contributed by atoms with Crippen molar-refractivity contribution in [1.29, 1.82) is 5.26 Å². The van der Waals surface area contributed by atoms with E-state index in [2.05, 4.69) is 61.2 Å². The molecule has 0 amide bonds. The first-order valence-corrected chi connectivity index (χ1v) is 18.4. The summed E-state index contributed by atoms with van der Waals surface area (Å²) in [6.07, 6.45) is 2.31. The molecule has 0 aliphatic carbocycles. The van der Waals surface area contributed by atoms with Crippen LogP contribution < -0.4 is 11.1 Å². The number of likely N-dealkylation sites (N-methyl/N-ethyl adjacent to an activating group) is 1. The molecule has 306 valence electrons. The highest BCUT2D eigenvalue weighted by molar-refractivity contribution is 5.82. The molecule has 6 N–H and O–H groups in total. The molecule has 1 unspecified atom stereocenters. The SMILES string of the molecule is CC(=O)Cc1cccc(C)c1.CC(=O)OC(C)=O.CCN.CCNC(C)Cc1cccc(C)c1.Cc1cccc(CC#N)c1.Cc1cccc(CC(=O)O)c1.O. The van der Waals surface area contributed by atoms with Crippen molar-refractivity contribution in [3.05, 3.63) is 142 Å². The lowest BCUT2D eigenvalue weighted by molar-refractivity contribution is -0.156. The van der Waals surface area contributed by atoms with E-state index < -0.39 is 17.9 Å². The Morgan fingerprint density at radius 3 is 1.38 bits per heavy atom. The Balaban J connectivity index is -0.000000619. The van der Waals surface area contributed by atoms with E-state index in [4.69, 9.17) is 16.1 Å². The number of hydrogen-bond acceptors (Lipinski definition) is 8. The number of carboxylic acids is 1. The second-order valence-electron chi connectivity index (χ2n) is 12.9. The molecule has 0 heterocycles. The number of nitrogens with one attached hydrogen (secondary N) is 1. The number of nitrogens with two attached hydrogens (primary N) is 1. The molecule has 0 aromatic heterocycles. The van der Waals surface area contributed by atoms with Crippen LogP contribution in [0.5, 0.6) is 0 Å². The Hall–Kier alpha value is -5.47. The maximum absolute atomic E-state index is 10.7. The molecule has 0 fully saturated rings. The molecule has 0 spiro atoms. The Kier molecular flexibility index (Phi) is 33.4. The standard InChI is InChI=1S/C12H19N.C10H12O.C9H9N.C9H10O2.C4H6O3.C2H7N.H2O/c1-4-13-11(3)9-12-7-5-6-10(2)8-12;1-8-4-3-5-10(6-8)7-9(2)11;1-8-3-2-4-9(7-8)5-6-10;1-7-3-2-4-8(5-7)6-9(10)11;1-3(5)7-4(2)6;1-2-3;/h5-8,11,13H,4,9H2,1-3H3;3-6H,7H2,1-2H3;2-4,7H,5H2,1H3;2-5H,6H2,1H3,(H,10,11);1-2H3;2-3H2,1H3;1H2. The number of nitrogens with zero attached hydrogens (tertiary/aromatic N) is 1. The second kappa shape index (κ2) is 34.1. The van der Waals surface area contributed by atoms with E-state index in [9.17, 15) is 19.2 Å². The summed E-state index contributed by atoms with van der Waals surface area (Å²) in [6, 6.07) is 35.0. The smallest absolute Gasteiger partial charge is 0.310 e. The van der Waals surface area contributed by atoms with Gasteiger partial charge in [-0.2, -0.15) is 5.26 Å². The fourth-order valence-corrected chi connectivity index (χ4v) is 4.84. The van der Waals surface area contributed by atoms with Crippen LogP contribution in [0.2, 0.25) is 0 Å². The van der Waals surface area contributed by atoms with Gasteiger partial charge in [-0.1, -0.05) is 133 Å². The normalized spacial score (nSPS) is 9.61. The zero-order chi connectivity index (χ0) is 42.2. The van der Waals surface area contributed by atoms with E-state index in [0.29, 0.717) is 18.9 Å². The Bertz CT molecular complexity index is 1680. The molecule has 0 aliphatic rings. The van der Waals surface area contributed by atoms with Gasteiger partial charge < -0.3 is 26.4 Å². The molecule has 10 heteroatoms. The van der Waals surface area contributed by atoms with Crippen molar-refractivity contribution in [1.82, 2.24) is 5.32 Å². The molecular weight excluding hydrogens is 707 g/mol. The third-order valence-electron chi connectivity index (χ3n) is 6.80. The topological polar surface area (TPSA) is 191 Å². The number of ketones is 1. The first kappa shape index (κ1) is 54.9. The first-order valence-electron chi connectivity index (χ1n) is 18.4. The molecule has 0 bridgehead atoms. The van der Waals surface area contributed by atoms with E-state index in [1.807, 2.05) is 100 Å². The van der Waals surface area contributed by atoms with Crippen molar-refractivity contribution in [3.8, 4) is 6.07 Å². The highest BCUT2D eigenvalue weighted by atomic mass is 16.6. The zero-order valence-electron chi connectivity index (χ0n) is 35.1. The lowest BCUT2D eigenvalue weighted by atomic mass is 10.1. The van der Waals surface area contributed by atoms with Crippen molar-refractivity contribution in [2.24, 2.45) is 5.73 Å². The summed E-state index contributed by atoms with van der Waals surface area (Å²) < 4.78 is 3.97. The predicted molar refractivity (Wildman–Crippen MR) is 227 cm³/mol. The molecular formula is C46H65N3O7.